The van der Waals surface area contributed by atoms with Crippen molar-refractivity contribution in [1.82, 2.24) is 10.2 Å². The predicted octanol–water partition coefficient (Wildman–Crippen LogP) is 3.44. The van der Waals surface area contributed by atoms with Gasteiger partial charge in [-0.1, -0.05) is 37.3 Å². The SMILES string of the molecule is CCC1CCCCN1C(=O)C1(C(=O)NC(C)c2ccccc2)CC1. The van der Waals surface area contributed by atoms with Crippen molar-refractivity contribution in [2.75, 3.05) is 6.54 Å². The molecular weight excluding hydrogens is 300 g/mol. The van der Waals surface area contributed by atoms with Crippen molar-refractivity contribution in [1.29, 1.82) is 0 Å². The van der Waals surface area contributed by atoms with Crippen LogP contribution in [0.15, 0.2) is 30.3 Å². The van der Waals surface area contributed by atoms with Gasteiger partial charge in [0.15, 0.2) is 0 Å². The van der Waals surface area contributed by atoms with E-state index in [1.165, 1.54) is 6.42 Å². The summed E-state index contributed by atoms with van der Waals surface area (Å²) in [5.41, 5.74) is 0.270. The largest absolute Gasteiger partial charge is 0.349 e. The number of nitrogens with zero attached hydrogens (tertiary/aromatic N) is 1. The average Bonchev–Trinajstić information content (AvgIpc) is 3.43. The van der Waals surface area contributed by atoms with E-state index in [4.69, 9.17) is 0 Å². The van der Waals surface area contributed by atoms with Crippen LogP contribution < -0.4 is 5.32 Å². The van der Waals surface area contributed by atoms with E-state index in [1.54, 1.807) is 0 Å². The van der Waals surface area contributed by atoms with E-state index in [1.807, 2.05) is 42.2 Å². The van der Waals surface area contributed by atoms with Gasteiger partial charge in [-0.2, -0.15) is 0 Å². The van der Waals surface area contributed by atoms with Crippen molar-refractivity contribution in [2.45, 2.75) is 64.5 Å². The molecule has 2 fully saturated rings. The van der Waals surface area contributed by atoms with Gasteiger partial charge in [-0.3, -0.25) is 9.59 Å². The highest BCUT2D eigenvalue weighted by molar-refractivity contribution is 6.08. The molecule has 24 heavy (non-hydrogen) atoms. The van der Waals surface area contributed by atoms with Crippen LogP contribution >= 0.6 is 0 Å². The molecule has 1 aromatic carbocycles. The second-order valence-corrected chi connectivity index (χ2v) is 7.24. The van der Waals surface area contributed by atoms with Gasteiger partial charge < -0.3 is 10.2 Å². The third-order valence-corrected chi connectivity index (χ3v) is 5.60. The van der Waals surface area contributed by atoms with Crippen LogP contribution in [0.2, 0.25) is 0 Å². The summed E-state index contributed by atoms with van der Waals surface area (Å²) in [5, 5.41) is 3.07. The third kappa shape index (κ3) is 3.19. The number of piperidine rings is 1. The molecule has 4 heteroatoms. The molecule has 1 saturated carbocycles. The van der Waals surface area contributed by atoms with Crippen molar-refractivity contribution in [3.63, 3.8) is 0 Å². The lowest BCUT2D eigenvalue weighted by Gasteiger charge is -2.37. The lowest BCUT2D eigenvalue weighted by Crippen LogP contribution is -2.51. The monoisotopic (exact) mass is 328 g/mol. The number of nitrogens with one attached hydrogen (secondary N) is 1. The van der Waals surface area contributed by atoms with Gasteiger partial charge in [0, 0.05) is 12.6 Å². The number of likely N-dealkylation sites (tertiary alicyclic amines) is 1. The quantitative estimate of drug-likeness (QED) is 0.842. The number of carbonyl (C=O) groups is 2. The molecule has 0 spiro atoms. The highest BCUT2D eigenvalue weighted by atomic mass is 16.2. The van der Waals surface area contributed by atoms with Crippen molar-refractivity contribution >= 4 is 11.8 Å². The van der Waals surface area contributed by atoms with Crippen LogP contribution in [-0.2, 0) is 9.59 Å². The normalized spacial score (nSPS) is 23.4. The molecule has 1 aromatic rings. The van der Waals surface area contributed by atoms with Crippen molar-refractivity contribution in [3.8, 4) is 0 Å². The van der Waals surface area contributed by atoms with Crippen molar-refractivity contribution in [3.05, 3.63) is 35.9 Å². The smallest absolute Gasteiger partial charge is 0.238 e. The molecule has 1 heterocycles. The Balaban J connectivity index is 1.68. The van der Waals surface area contributed by atoms with Crippen molar-refractivity contribution in [2.24, 2.45) is 5.41 Å². The van der Waals surface area contributed by atoms with Gasteiger partial charge in [-0.15, -0.1) is 0 Å². The molecule has 0 aromatic heterocycles. The zero-order chi connectivity index (χ0) is 17.2. The van der Waals surface area contributed by atoms with Crippen LogP contribution in [-0.4, -0.2) is 29.3 Å². The zero-order valence-corrected chi connectivity index (χ0v) is 14.8. The van der Waals surface area contributed by atoms with Gasteiger partial charge >= 0.3 is 0 Å². The molecular formula is C20H28N2O2. The lowest BCUT2D eigenvalue weighted by atomic mass is 9.95. The van der Waals surface area contributed by atoms with Crippen LogP contribution in [0, 0.1) is 5.41 Å². The Morgan fingerprint density at radius 2 is 1.96 bits per heavy atom. The Labute approximate surface area is 144 Å². The van der Waals surface area contributed by atoms with E-state index in [-0.39, 0.29) is 17.9 Å². The van der Waals surface area contributed by atoms with Crippen LogP contribution in [0.5, 0.6) is 0 Å². The zero-order valence-electron chi connectivity index (χ0n) is 14.8. The first-order valence-corrected chi connectivity index (χ1v) is 9.25. The summed E-state index contributed by atoms with van der Waals surface area (Å²) >= 11 is 0. The summed E-state index contributed by atoms with van der Waals surface area (Å²) in [4.78, 5) is 27.9. The van der Waals surface area contributed by atoms with E-state index in [0.717, 1.165) is 31.4 Å². The second-order valence-electron chi connectivity index (χ2n) is 7.24. The fourth-order valence-electron chi connectivity index (χ4n) is 3.79. The van der Waals surface area contributed by atoms with Crippen LogP contribution in [0.25, 0.3) is 0 Å². The Kier molecular flexibility index (Phi) is 4.93. The second kappa shape index (κ2) is 6.96. The highest BCUT2D eigenvalue weighted by Crippen LogP contribution is 2.48. The summed E-state index contributed by atoms with van der Waals surface area (Å²) in [6.07, 6.45) is 5.66. The lowest BCUT2D eigenvalue weighted by molar-refractivity contribution is -0.147. The number of hydrogen-bond acceptors (Lipinski definition) is 2. The molecule has 1 saturated heterocycles. The number of benzene rings is 1. The van der Waals surface area contributed by atoms with E-state index in [0.29, 0.717) is 18.9 Å². The van der Waals surface area contributed by atoms with Gasteiger partial charge in [0.1, 0.15) is 5.41 Å². The molecule has 3 rings (SSSR count). The molecule has 0 radical (unpaired) electrons. The van der Waals surface area contributed by atoms with Gasteiger partial charge in [-0.05, 0) is 51.0 Å². The summed E-state index contributed by atoms with van der Waals surface area (Å²) in [5.74, 6) is -0.0314. The van der Waals surface area contributed by atoms with E-state index in [2.05, 4.69) is 12.2 Å². The Morgan fingerprint density at radius 1 is 1.25 bits per heavy atom. The number of rotatable bonds is 5. The topological polar surface area (TPSA) is 49.4 Å². The average molecular weight is 328 g/mol. The summed E-state index contributed by atoms with van der Waals surface area (Å²) in [6, 6.07) is 10.1. The molecule has 1 N–H and O–H groups in total. The highest BCUT2D eigenvalue weighted by Gasteiger charge is 2.58. The standard InChI is InChI=1S/C20H28N2O2/c1-3-17-11-7-8-14-22(17)19(24)20(12-13-20)18(23)21-15(2)16-9-5-4-6-10-16/h4-6,9-10,15,17H,3,7-8,11-14H2,1-2H3,(H,21,23). The predicted molar refractivity (Wildman–Crippen MR) is 94.3 cm³/mol. The maximum absolute atomic E-state index is 13.1. The molecule has 0 bridgehead atoms. The molecule has 2 aliphatic rings. The Bertz CT molecular complexity index is 595. The summed E-state index contributed by atoms with van der Waals surface area (Å²) < 4.78 is 0. The van der Waals surface area contributed by atoms with Gasteiger partial charge in [0.05, 0.1) is 6.04 Å². The minimum atomic E-state index is -0.798. The first kappa shape index (κ1) is 17.0. The minimum absolute atomic E-state index is 0.0619. The molecule has 1 aliphatic heterocycles. The molecule has 2 atom stereocenters. The number of carbonyl (C=O) groups excluding carboxylic acids is 2. The minimum Gasteiger partial charge on any atom is -0.349 e. The number of amides is 2. The molecule has 4 nitrogen and oxygen atoms in total. The summed E-state index contributed by atoms with van der Waals surface area (Å²) in [6.45, 7) is 4.91. The molecule has 2 amide bonds. The Morgan fingerprint density at radius 3 is 2.58 bits per heavy atom. The third-order valence-electron chi connectivity index (χ3n) is 5.60. The van der Waals surface area contributed by atoms with E-state index >= 15 is 0 Å². The van der Waals surface area contributed by atoms with E-state index < -0.39 is 5.41 Å². The number of hydrogen-bond donors (Lipinski definition) is 1. The van der Waals surface area contributed by atoms with E-state index in [9.17, 15) is 9.59 Å². The first-order valence-electron chi connectivity index (χ1n) is 9.25. The van der Waals surface area contributed by atoms with Gasteiger partial charge in [0.2, 0.25) is 11.8 Å². The maximum Gasteiger partial charge on any atom is 0.238 e. The fourth-order valence-corrected chi connectivity index (χ4v) is 3.79. The van der Waals surface area contributed by atoms with Gasteiger partial charge in [-0.25, -0.2) is 0 Å². The van der Waals surface area contributed by atoms with Crippen LogP contribution in [0.3, 0.4) is 0 Å². The fraction of sp³-hybridized carbons (Fsp3) is 0.600. The van der Waals surface area contributed by atoms with Gasteiger partial charge in [0.25, 0.3) is 0 Å². The molecule has 2 unspecified atom stereocenters. The Hall–Kier alpha value is -1.84. The maximum atomic E-state index is 13.1. The molecule has 1 aliphatic carbocycles. The van der Waals surface area contributed by atoms with Crippen molar-refractivity contribution < 1.29 is 9.59 Å². The first-order chi connectivity index (χ1) is 11.6. The molecule has 130 valence electrons. The van der Waals surface area contributed by atoms with Crippen LogP contribution in [0.4, 0.5) is 0 Å². The summed E-state index contributed by atoms with van der Waals surface area (Å²) in [7, 11) is 0. The van der Waals surface area contributed by atoms with Crippen LogP contribution in [0.1, 0.15) is 64.0 Å².